The summed E-state index contributed by atoms with van der Waals surface area (Å²) < 4.78 is 38.1. The molecule has 2 N–H and O–H groups in total. The van der Waals surface area contributed by atoms with Crippen LogP contribution in [0.5, 0.6) is 0 Å². The van der Waals surface area contributed by atoms with Crippen LogP contribution in [0.1, 0.15) is 4.88 Å². The van der Waals surface area contributed by atoms with E-state index >= 15 is 0 Å². The number of nitrogens with one attached hydrogen (secondary N) is 2. The summed E-state index contributed by atoms with van der Waals surface area (Å²) in [5.74, 6) is 0. The molecule has 4 nitrogen and oxygen atoms in total. The Kier molecular flexibility index (Phi) is 2.58. The quantitative estimate of drug-likeness (QED) is 0.858. The van der Waals surface area contributed by atoms with Crippen molar-refractivity contribution in [2.75, 3.05) is 12.4 Å². The van der Waals surface area contributed by atoms with Crippen LogP contribution in [0.25, 0.3) is 11.3 Å². The molecule has 2 aromatic rings. The van der Waals surface area contributed by atoms with Gasteiger partial charge in [0.05, 0.1) is 11.9 Å². The molecule has 2 rings (SSSR count). The molecule has 0 unspecified atom stereocenters. The van der Waals surface area contributed by atoms with Crippen LogP contribution < -0.4 is 5.32 Å². The van der Waals surface area contributed by atoms with E-state index in [-0.39, 0.29) is 10.8 Å². The largest absolute Gasteiger partial charge is 0.427 e. The summed E-state index contributed by atoms with van der Waals surface area (Å²) in [6.45, 7) is 0. The van der Waals surface area contributed by atoms with Crippen LogP contribution >= 0.6 is 11.3 Å². The molecule has 0 bridgehead atoms. The third kappa shape index (κ3) is 1.87. The lowest BCUT2D eigenvalue weighted by molar-refractivity contribution is -0.134. The predicted octanol–water partition coefficient (Wildman–Crippen LogP) is 2.59. The number of hydrogen-bond donors (Lipinski definition) is 2. The number of rotatable bonds is 2. The summed E-state index contributed by atoms with van der Waals surface area (Å²) in [4.78, 5) is 3.14. The lowest BCUT2D eigenvalue weighted by Gasteiger charge is -2.03. The number of thiazole rings is 1. The van der Waals surface area contributed by atoms with Gasteiger partial charge in [0.1, 0.15) is 4.88 Å². The molecule has 0 aromatic carbocycles. The van der Waals surface area contributed by atoms with Gasteiger partial charge >= 0.3 is 6.18 Å². The zero-order chi connectivity index (χ0) is 11.8. The summed E-state index contributed by atoms with van der Waals surface area (Å²) in [5, 5.41) is 8.89. The lowest BCUT2D eigenvalue weighted by atomic mass is 10.2. The molecule has 0 aliphatic rings. The number of nitrogens with zero attached hydrogens (tertiary/aromatic N) is 2. The van der Waals surface area contributed by atoms with Crippen LogP contribution in [-0.4, -0.2) is 22.2 Å². The molecule has 8 heteroatoms. The Labute approximate surface area is 92.5 Å². The van der Waals surface area contributed by atoms with Gasteiger partial charge in [0, 0.05) is 18.8 Å². The average Bonchev–Trinajstić information content (AvgIpc) is 2.85. The van der Waals surface area contributed by atoms with Crippen molar-refractivity contribution in [3.05, 3.63) is 17.3 Å². The van der Waals surface area contributed by atoms with Crippen LogP contribution in [0.2, 0.25) is 0 Å². The lowest BCUT2D eigenvalue weighted by Crippen LogP contribution is -2.03. The van der Waals surface area contributed by atoms with E-state index in [0.717, 1.165) is 0 Å². The molecule has 2 aromatic heterocycles. The first kappa shape index (κ1) is 10.9. The van der Waals surface area contributed by atoms with Crippen molar-refractivity contribution in [3.8, 4) is 11.3 Å². The van der Waals surface area contributed by atoms with Crippen molar-refractivity contribution >= 4 is 16.5 Å². The van der Waals surface area contributed by atoms with Gasteiger partial charge in [0.2, 0.25) is 0 Å². The predicted molar refractivity (Wildman–Crippen MR) is 54.2 cm³/mol. The van der Waals surface area contributed by atoms with E-state index in [1.165, 1.54) is 19.4 Å². The number of aromatic nitrogens is 3. The van der Waals surface area contributed by atoms with Crippen molar-refractivity contribution in [3.63, 3.8) is 0 Å². The highest BCUT2D eigenvalue weighted by molar-refractivity contribution is 7.16. The van der Waals surface area contributed by atoms with Crippen LogP contribution in [-0.2, 0) is 6.18 Å². The summed E-state index contributed by atoms with van der Waals surface area (Å²) in [6, 6.07) is 0. The normalized spacial score (nSPS) is 11.8. The number of anilines is 1. The van der Waals surface area contributed by atoms with E-state index in [9.17, 15) is 13.2 Å². The molecule has 0 spiro atoms. The fourth-order valence-electron chi connectivity index (χ4n) is 1.20. The summed E-state index contributed by atoms with van der Waals surface area (Å²) in [5.41, 5.74) is 0.223. The molecule has 86 valence electrons. The second kappa shape index (κ2) is 3.78. The molecule has 0 saturated heterocycles. The zero-order valence-electron chi connectivity index (χ0n) is 8.09. The summed E-state index contributed by atoms with van der Waals surface area (Å²) in [6.07, 6.45) is -1.72. The monoisotopic (exact) mass is 248 g/mol. The fourth-order valence-corrected chi connectivity index (χ4v) is 2.00. The van der Waals surface area contributed by atoms with Gasteiger partial charge in [0.15, 0.2) is 5.13 Å². The Morgan fingerprint density at radius 2 is 2.19 bits per heavy atom. The number of alkyl halides is 3. The van der Waals surface area contributed by atoms with Gasteiger partial charge in [-0.05, 0) is 0 Å². The maximum Gasteiger partial charge on any atom is 0.427 e. The maximum absolute atomic E-state index is 12.7. The van der Waals surface area contributed by atoms with Gasteiger partial charge < -0.3 is 5.32 Å². The second-order valence-electron chi connectivity index (χ2n) is 2.93. The SMILES string of the molecule is CNc1nc(-c2cn[nH]c2)c(C(F)(F)F)s1. The van der Waals surface area contributed by atoms with Gasteiger partial charge in [-0.1, -0.05) is 11.3 Å². The minimum Gasteiger partial charge on any atom is -0.365 e. The molecule has 0 aliphatic heterocycles. The van der Waals surface area contributed by atoms with E-state index in [0.29, 0.717) is 16.9 Å². The van der Waals surface area contributed by atoms with Gasteiger partial charge in [-0.2, -0.15) is 18.3 Å². The standard InChI is InChI=1S/C8H7F3N4S/c1-12-7-15-5(4-2-13-14-3-4)6(16-7)8(9,10)11/h2-3H,1H3,(H,12,15)(H,13,14). The molecule has 2 heterocycles. The second-order valence-corrected chi connectivity index (χ2v) is 3.93. The maximum atomic E-state index is 12.7. The van der Waals surface area contributed by atoms with Crippen LogP contribution in [0, 0.1) is 0 Å². The minimum atomic E-state index is -4.40. The Balaban J connectivity index is 2.55. The van der Waals surface area contributed by atoms with Crippen molar-refractivity contribution < 1.29 is 13.2 Å². The Bertz CT molecular complexity index is 474. The third-order valence-corrected chi connectivity index (χ3v) is 2.99. The molecule has 0 amide bonds. The van der Waals surface area contributed by atoms with Gasteiger partial charge in [-0.3, -0.25) is 5.10 Å². The Hall–Kier alpha value is -1.57. The van der Waals surface area contributed by atoms with E-state index in [2.05, 4.69) is 20.5 Å². The highest BCUT2D eigenvalue weighted by atomic mass is 32.1. The Morgan fingerprint density at radius 1 is 1.44 bits per heavy atom. The number of hydrogen-bond acceptors (Lipinski definition) is 4. The first-order chi connectivity index (χ1) is 7.52. The zero-order valence-corrected chi connectivity index (χ0v) is 8.91. The van der Waals surface area contributed by atoms with E-state index in [1.807, 2.05) is 0 Å². The highest BCUT2D eigenvalue weighted by Crippen LogP contribution is 2.41. The smallest absolute Gasteiger partial charge is 0.365 e. The molecule has 0 atom stereocenters. The first-order valence-electron chi connectivity index (χ1n) is 4.27. The average molecular weight is 248 g/mol. The molecule has 0 radical (unpaired) electrons. The topological polar surface area (TPSA) is 53.6 Å². The Morgan fingerprint density at radius 3 is 2.69 bits per heavy atom. The van der Waals surface area contributed by atoms with Crippen molar-refractivity contribution in [2.45, 2.75) is 6.18 Å². The van der Waals surface area contributed by atoms with E-state index < -0.39 is 11.1 Å². The fraction of sp³-hybridized carbons (Fsp3) is 0.250. The number of aromatic amines is 1. The van der Waals surface area contributed by atoms with Crippen LogP contribution in [0.3, 0.4) is 0 Å². The number of halogens is 3. The van der Waals surface area contributed by atoms with Crippen LogP contribution in [0.4, 0.5) is 18.3 Å². The third-order valence-electron chi connectivity index (χ3n) is 1.87. The molecular weight excluding hydrogens is 241 g/mol. The van der Waals surface area contributed by atoms with Crippen LogP contribution in [0.15, 0.2) is 12.4 Å². The summed E-state index contributed by atoms with van der Waals surface area (Å²) in [7, 11) is 1.53. The van der Waals surface area contributed by atoms with Crippen molar-refractivity contribution in [1.82, 2.24) is 15.2 Å². The molecule has 16 heavy (non-hydrogen) atoms. The van der Waals surface area contributed by atoms with E-state index in [4.69, 9.17) is 0 Å². The summed E-state index contributed by atoms with van der Waals surface area (Å²) >= 11 is 0.576. The molecule has 0 saturated carbocycles. The first-order valence-corrected chi connectivity index (χ1v) is 5.09. The van der Waals surface area contributed by atoms with Gasteiger partial charge in [-0.15, -0.1) is 0 Å². The minimum absolute atomic E-state index is 0.101. The van der Waals surface area contributed by atoms with Gasteiger partial charge in [-0.25, -0.2) is 4.98 Å². The van der Waals surface area contributed by atoms with Crippen molar-refractivity contribution in [2.24, 2.45) is 0 Å². The van der Waals surface area contributed by atoms with E-state index in [1.54, 1.807) is 0 Å². The van der Waals surface area contributed by atoms with Gasteiger partial charge in [0.25, 0.3) is 0 Å². The molecule has 0 aliphatic carbocycles. The van der Waals surface area contributed by atoms with Crippen molar-refractivity contribution in [1.29, 1.82) is 0 Å². The highest BCUT2D eigenvalue weighted by Gasteiger charge is 2.37. The number of H-pyrrole nitrogens is 1. The molecular formula is C8H7F3N4S. The molecule has 0 fully saturated rings.